The molecule has 0 amide bonds. The van der Waals surface area contributed by atoms with Crippen LogP contribution in [0.3, 0.4) is 0 Å². The summed E-state index contributed by atoms with van der Waals surface area (Å²) in [5.41, 5.74) is 4.03. The molecule has 0 aliphatic rings. The van der Waals surface area contributed by atoms with Crippen molar-refractivity contribution in [3.05, 3.63) is 70.4 Å². The van der Waals surface area contributed by atoms with Crippen LogP contribution in [0.1, 0.15) is 44.5 Å². The monoisotopic (exact) mass is 441 g/mol. The summed E-state index contributed by atoms with van der Waals surface area (Å²) in [5, 5.41) is 18.6. The number of hydrogen-bond donors (Lipinski definition) is 1. The van der Waals surface area contributed by atoms with Crippen LogP contribution in [0.2, 0.25) is 0 Å². The van der Waals surface area contributed by atoms with Crippen LogP contribution >= 0.6 is 0 Å². The molecule has 8 nitrogen and oxygen atoms in total. The SMILES string of the molecule is CC#CCc1nn(CCCCC)c(=O)n1Cc1ccc(-c2cccc(-c3nnn[nH]3)c2)cc1. The molecule has 168 valence electrons. The lowest BCUT2D eigenvalue weighted by molar-refractivity contribution is 0.530. The second-order valence-electron chi connectivity index (χ2n) is 7.85. The Hall–Kier alpha value is -3.99. The molecule has 0 aliphatic heterocycles. The molecule has 8 heteroatoms. The zero-order valence-electron chi connectivity index (χ0n) is 19.0. The van der Waals surface area contributed by atoms with Crippen molar-refractivity contribution >= 4 is 0 Å². The summed E-state index contributed by atoms with van der Waals surface area (Å²) in [6.07, 6.45) is 3.60. The van der Waals surface area contributed by atoms with Gasteiger partial charge in [-0.1, -0.05) is 68.2 Å². The standard InChI is InChI=1S/C25H27N7O/c1-3-5-7-16-32-25(33)31(23(28-32)11-6-4-2)18-19-12-14-20(15-13-19)21-9-8-10-22(17-21)24-26-29-30-27-24/h8-10,12-15,17H,3,5,7,11,16,18H2,1-2H3,(H,26,27,29,30). The summed E-state index contributed by atoms with van der Waals surface area (Å²) in [5.74, 6) is 7.29. The Balaban J connectivity index is 1.56. The first-order chi connectivity index (χ1) is 16.2. The zero-order valence-corrected chi connectivity index (χ0v) is 19.0. The number of nitrogens with zero attached hydrogens (tertiary/aromatic N) is 6. The third-order valence-corrected chi connectivity index (χ3v) is 5.51. The zero-order chi connectivity index (χ0) is 23.0. The van der Waals surface area contributed by atoms with Gasteiger partial charge in [-0.05, 0) is 46.5 Å². The number of H-pyrrole nitrogens is 1. The van der Waals surface area contributed by atoms with E-state index in [0.29, 0.717) is 31.2 Å². The molecule has 0 aliphatic carbocycles. The first-order valence-corrected chi connectivity index (χ1v) is 11.2. The Morgan fingerprint density at radius 3 is 2.58 bits per heavy atom. The van der Waals surface area contributed by atoms with Gasteiger partial charge in [-0.15, -0.1) is 11.0 Å². The number of nitrogens with one attached hydrogen (secondary N) is 1. The Kier molecular flexibility index (Phi) is 7.10. The van der Waals surface area contributed by atoms with Crippen LogP contribution in [0.4, 0.5) is 0 Å². The van der Waals surface area contributed by atoms with Crippen molar-refractivity contribution in [3.8, 4) is 34.4 Å². The summed E-state index contributed by atoms with van der Waals surface area (Å²) < 4.78 is 3.32. The summed E-state index contributed by atoms with van der Waals surface area (Å²) in [6, 6.07) is 16.3. The van der Waals surface area contributed by atoms with Crippen LogP contribution < -0.4 is 5.69 Å². The number of aromatic amines is 1. The van der Waals surface area contributed by atoms with Gasteiger partial charge in [-0.25, -0.2) is 14.6 Å². The van der Waals surface area contributed by atoms with Crippen LogP contribution in [-0.4, -0.2) is 35.0 Å². The van der Waals surface area contributed by atoms with Gasteiger partial charge in [0.05, 0.1) is 13.0 Å². The van der Waals surface area contributed by atoms with E-state index in [2.05, 4.69) is 62.7 Å². The normalized spacial score (nSPS) is 10.7. The van der Waals surface area contributed by atoms with Crippen LogP contribution in [0.25, 0.3) is 22.5 Å². The highest BCUT2D eigenvalue weighted by atomic mass is 16.2. The minimum absolute atomic E-state index is 0.0727. The third-order valence-electron chi connectivity index (χ3n) is 5.51. The molecular weight excluding hydrogens is 414 g/mol. The van der Waals surface area contributed by atoms with Gasteiger partial charge in [-0.2, -0.15) is 5.10 Å². The molecule has 4 aromatic rings. The van der Waals surface area contributed by atoms with Crippen molar-refractivity contribution in [1.29, 1.82) is 0 Å². The van der Waals surface area contributed by atoms with Gasteiger partial charge >= 0.3 is 5.69 Å². The number of aryl methyl sites for hydroxylation is 1. The van der Waals surface area contributed by atoms with E-state index in [-0.39, 0.29) is 5.69 Å². The lowest BCUT2D eigenvalue weighted by Crippen LogP contribution is -2.26. The van der Waals surface area contributed by atoms with E-state index in [1.165, 1.54) is 0 Å². The molecule has 0 spiro atoms. The van der Waals surface area contributed by atoms with Crippen LogP contribution in [0.5, 0.6) is 0 Å². The maximum Gasteiger partial charge on any atom is 0.346 e. The quantitative estimate of drug-likeness (QED) is 0.316. The number of aromatic nitrogens is 7. The number of hydrogen-bond acceptors (Lipinski definition) is 5. The molecular formula is C25H27N7O. The summed E-state index contributed by atoms with van der Waals surface area (Å²) in [6.45, 7) is 5.06. The third kappa shape index (κ3) is 5.26. The molecule has 2 heterocycles. The molecule has 2 aromatic heterocycles. The van der Waals surface area contributed by atoms with Crippen molar-refractivity contribution in [2.75, 3.05) is 0 Å². The van der Waals surface area contributed by atoms with Gasteiger partial charge in [0.25, 0.3) is 0 Å². The van der Waals surface area contributed by atoms with E-state index < -0.39 is 0 Å². The molecule has 0 saturated carbocycles. The van der Waals surface area contributed by atoms with Crippen molar-refractivity contribution < 1.29 is 0 Å². The average Bonchev–Trinajstić information content (AvgIpc) is 3.48. The predicted molar refractivity (Wildman–Crippen MR) is 127 cm³/mol. The number of tetrazole rings is 1. The first-order valence-electron chi connectivity index (χ1n) is 11.2. The highest BCUT2D eigenvalue weighted by Gasteiger charge is 2.13. The number of unbranched alkanes of at least 4 members (excludes halogenated alkanes) is 2. The maximum absolute atomic E-state index is 13.0. The minimum atomic E-state index is -0.0727. The Labute approximate surface area is 192 Å². The van der Waals surface area contributed by atoms with Gasteiger partial charge in [0.1, 0.15) is 5.82 Å². The van der Waals surface area contributed by atoms with Crippen molar-refractivity contribution in [2.45, 2.75) is 52.6 Å². The molecule has 1 N–H and O–H groups in total. The van der Waals surface area contributed by atoms with E-state index in [0.717, 1.165) is 41.5 Å². The minimum Gasteiger partial charge on any atom is -0.274 e. The van der Waals surface area contributed by atoms with E-state index >= 15 is 0 Å². The molecule has 0 saturated heterocycles. The largest absolute Gasteiger partial charge is 0.346 e. The molecule has 2 aromatic carbocycles. The molecule has 0 radical (unpaired) electrons. The topological polar surface area (TPSA) is 94.3 Å². The number of benzene rings is 2. The smallest absolute Gasteiger partial charge is 0.274 e. The molecule has 4 rings (SSSR count). The second kappa shape index (κ2) is 10.6. The summed E-state index contributed by atoms with van der Waals surface area (Å²) in [4.78, 5) is 13.0. The van der Waals surface area contributed by atoms with Crippen LogP contribution in [0, 0.1) is 11.8 Å². The van der Waals surface area contributed by atoms with Crippen molar-refractivity contribution in [2.24, 2.45) is 0 Å². The number of rotatable bonds is 9. The van der Waals surface area contributed by atoms with Gasteiger partial charge in [0, 0.05) is 12.1 Å². The highest BCUT2D eigenvalue weighted by Crippen LogP contribution is 2.24. The van der Waals surface area contributed by atoms with Crippen LogP contribution in [-0.2, 0) is 19.5 Å². The van der Waals surface area contributed by atoms with E-state index in [1.54, 1.807) is 16.2 Å². The predicted octanol–water partition coefficient (Wildman–Crippen LogP) is 3.70. The lowest BCUT2D eigenvalue weighted by atomic mass is 10.0. The fraction of sp³-hybridized carbons (Fsp3) is 0.320. The molecule has 0 fully saturated rings. The Morgan fingerprint density at radius 2 is 1.85 bits per heavy atom. The molecule has 0 unspecified atom stereocenters. The van der Waals surface area contributed by atoms with Gasteiger partial charge in [-0.3, -0.25) is 4.57 Å². The summed E-state index contributed by atoms with van der Waals surface area (Å²) in [7, 11) is 0. The van der Waals surface area contributed by atoms with E-state index in [4.69, 9.17) is 0 Å². The first kappa shape index (κ1) is 22.2. The lowest BCUT2D eigenvalue weighted by Gasteiger charge is -2.07. The fourth-order valence-electron chi connectivity index (χ4n) is 3.71. The van der Waals surface area contributed by atoms with Crippen molar-refractivity contribution in [3.63, 3.8) is 0 Å². The van der Waals surface area contributed by atoms with E-state index in [1.807, 2.05) is 30.3 Å². The van der Waals surface area contributed by atoms with Gasteiger partial charge in [0.2, 0.25) is 0 Å². The second-order valence-corrected chi connectivity index (χ2v) is 7.85. The average molecular weight is 442 g/mol. The summed E-state index contributed by atoms with van der Waals surface area (Å²) >= 11 is 0. The highest BCUT2D eigenvalue weighted by molar-refractivity contribution is 5.70. The van der Waals surface area contributed by atoms with Gasteiger partial charge in [0.15, 0.2) is 5.82 Å². The molecule has 0 atom stereocenters. The van der Waals surface area contributed by atoms with Crippen molar-refractivity contribution in [1.82, 2.24) is 35.0 Å². The molecule has 33 heavy (non-hydrogen) atoms. The van der Waals surface area contributed by atoms with E-state index in [9.17, 15) is 4.79 Å². The Bertz CT molecular complexity index is 1310. The molecule has 0 bridgehead atoms. The Morgan fingerprint density at radius 1 is 1.03 bits per heavy atom. The van der Waals surface area contributed by atoms with Crippen LogP contribution in [0.15, 0.2) is 53.3 Å². The fourth-order valence-corrected chi connectivity index (χ4v) is 3.71. The maximum atomic E-state index is 13.0. The van der Waals surface area contributed by atoms with Gasteiger partial charge < -0.3 is 0 Å².